The third kappa shape index (κ3) is 2.95. The van der Waals surface area contributed by atoms with Crippen LogP contribution in [0.4, 0.5) is 0 Å². The van der Waals surface area contributed by atoms with Gasteiger partial charge >= 0.3 is 0 Å². The molecule has 120 valence electrons. The summed E-state index contributed by atoms with van der Waals surface area (Å²) in [5.41, 5.74) is 3.69. The van der Waals surface area contributed by atoms with Crippen molar-refractivity contribution in [1.29, 1.82) is 0 Å². The Morgan fingerprint density at radius 3 is 2.04 bits per heavy atom. The first-order valence-corrected chi connectivity index (χ1v) is 8.53. The van der Waals surface area contributed by atoms with E-state index in [2.05, 4.69) is 45.6 Å². The van der Waals surface area contributed by atoms with Gasteiger partial charge in [-0.1, -0.05) is 60.7 Å². The SMILES string of the molecule is c1ccc(-c2ncc(CNC3(c4ccccc4)CCC3)cn2)cc1. The van der Waals surface area contributed by atoms with E-state index in [0.717, 1.165) is 23.5 Å². The molecular weight excluding hydrogens is 294 g/mol. The third-order valence-electron chi connectivity index (χ3n) is 4.90. The van der Waals surface area contributed by atoms with Gasteiger partial charge in [0.25, 0.3) is 0 Å². The molecule has 3 aromatic rings. The van der Waals surface area contributed by atoms with Gasteiger partial charge in [-0.15, -0.1) is 0 Å². The molecule has 0 atom stereocenters. The lowest BCUT2D eigenvalue weighted by Gasteiger charge is -2.43. The smallest absolute Gasteiger partial charge is 0.159 e. The molecule has 0 spiro atoms. The Balaban J connectivity index is 1.46. The number of hydrogen-bond acceptors (Lipinski definition) is 3. The Hall–Kier alpha value is -2.52. The van der Waals surface area contributed by atoms with Crippen LogP contribution in [0.1, 0.15) is 30.4 Å². The average Bonchev–Trinajstić information content (AvgIpc) is 2.63. The van der Waals surface area contributed by atoms with Crippen LogP contribution >= 0.6 is 0 Å². The number of nitrogens with one attached hydrogen (secondary N) is 1. The van der Waals surface area contributed by atoms with Crippen molar-refractivity contribution in [1.82, 2.24) is 15.3 Å². The van der Waals surface area contributed by atoms with Crippen molar-refractivity contribution in [2.75, 3.05) is 0 Å². The predicted molar refractivity (Wildman–Crippen MR) is 96.3 cm³/mol. The second kappa shape index (κ2) is 6.54. The Labute approximate surface area is 142 Å². The van der Waals surface area contributed by atoms with Crippen molar-refractivity contribution in [2.45, 2.75) is 31.3 Å². The average molecular weight is 315 g/mol. The van der Waals surface area contributed by atoms with Crippen molar-refractivity contribution >= 4 is 0 Å². The van der Waals surface area contributed by atoms with Crippen LogP contribution in [0.3, 0.4) is 0 Å². The summed E-state index contributed by atoms with van der Waals surface area (Å²) in [5, 5.41) is 3.74. The summed E-state index contributed by atoms with van der Waals surface area (Å²) >= 11 is 0. The van der Waals surface area contributed by atoms with E-state index in [9.17, 15) is 0 Å². The Morgan fingerprint density at radius 1 is 0.833 bits per heavy atom. The van der Waals surface area contributed by atoms with Crippen LogP contribution < -0.4 is 5.32 Å². The van der Waals surface area contributed by atoms with E-state index in [1.165, 1.54) is 24.8 Å². The summed E-state index contributed by atoms with van der Waals surface area (Å²) < 4.78 is 0. The van der Waals surface area contributed by atoms with E-state index >= 15 is 0 Å². The largest absolute Gasteiger partial charge is 0.303 e. The van der Waals surface area contributed by atoms with Crippen LogP contribution in [0, 0.1) is 0 Å². The van der Waals surface area contributed by atoms with E-state index < -0.39 is 0 Å². The van der Waals surface area contributed by atoms with Gasteiger partial charge in [0.2, 0.25) is 0 Å². The molecule has 1 aliphatic carbocycles. The highest BCUT2D eigenvalue weighted by Gasteiger charge is 2.37. The first kappa shape index (κ1) is 15.0. The Kier molecular flexibility index (Phi) is 4.09. The molecule has 24 heavy (non-hydrogen) atoms. The molecule has 2 aromatic carbocycles. The lowest BCUT2D eigenvalue weighted by Crippen LogP contribution is -2.47. The number of benzene rings is 2. The summed E-state index contributed by atoms with van der Waals surface area (Å²) in [4.78, 5) is 9.03. The quantitative estimate of drug-likeness (QED) is 0.762. The van der Waals surface area contributed by atoms with Crippen LogP contribution in [-0.2, 0) is 12.1 Å². The predicted octanol–water partition coefficient (Wildman–Crippen LogP) is 4.31. The van der Waals surface area contributed by atoms with Gasteiger partial charge in [0.15, 0.2) is 5.82 Å². The first-order valence-electron chi connectivity index (χ1n) is 8.53. The number of hydrogen-bond donors (Lipinski definition) is 1. The van der Waals surface area contributed by atoms with Crippen molar-refractivity contribution in [3.63, 3.8) is 0 Å². The summed E-state index contributed by atoms with van der Waals surface area (Å²) in [6, 6.07) is 20.8. The maximum absolute atomic E-state index is 4.52. The van der Waals surface area contributed by atoms with Crippen LogP contribution in [-0.4, -0.2) is 9.97 Å². The van der Waals surface area contributed by atoms with Crippen LogP contribution in [0.2, 0.25) is 0 Å². The summed E-state index contributed by atoms with van der Waals surface area (Å²) in [5.74, 6) is 0.778. The molecule has 3 heteroatoms. The van der Waals surface area contributed by atoms with E-state index in [1.807, 2.05) is 42.7 Å². The lowest BCUT2D eigenvalue weighted by molar-refractivity contribution is 0.183. The second-order valence-electron chi connectivity index (χ2n) is 6.44. The van der Waals surface area contributed by atoms with Gasteiger partial charge in [-0.3, -0.25) is 0 Å². The summed E-state index contributed by atoms with van der Waals surface area (Å²) in [7, 11) is 0. The monoisotopic (exact) mass is 315 g/mol. The Bertz CT molecular complexity index is 778. The molecule has 0 unspecified atom stereocenters. The minimum Gasteiger partial charge on any atom is -0.303 e. The topological polar surface area (TPSA) is 37.8 Å². The van der Waals surface area contributed by atoms with Crippen LogP contribution in [0.5, 0.6) is 0 Å². The van der Waals surface area contributed by atoms with E-state index in [0.29, 0.717) is 0 Å². The van der Waals surface area contributed by atoms with Crippen molar-refractivity contribution in [3.8, 4) is 11.4 Å². The molecule has 0 saturated heterocycles. The van der Waals surface area contributed by atoms with Crippen molar-refractivity contribution < 1.29 is 0 Å². The fourth-order valence-corrected chi connectivity index (χ4v) is 3.31. The molecule has 1 saturated carbocycles. The van der Waals surface area contributed by atoms with Gasteiger partial charge in [0, 0.05) is 35.6 Å². The molecule has 4 rings (SSSR count). The molecule has 1 N–H and O–H groups in total. The van der Waals surface area contributed by atoms with Gasteiger partial charge in [-0.2, -0.15) is 0 Å². The van der Waals surface area contributed by atoms with Gasteiger partial charge in [-0.25, -0.2) is 9.97 Å². The van der Waals surface area contributed by atoms with E-state index in [-0.39, 0.29) is 5.54 Å². The molecule has 0 aliphatic heterocycles. The Morgan fingerprint density at radius 2 is 1.46 bits per heavy atom. The number of nitrogens with zero attached hydrogens (tertiary/aromatic N) is 2. The molecule has 1 heterocycles. The standard InChI is InChI=1S/C21H21N3/c1-3-8-18(9-4-1)20-22-14-17(15-23-20)16-24-21(12-7-13-21)19-10-5-2-6-11-19/h1-6,8-11,14-15,24H,7,12-13,16H2. The highest BCUT2D eigenvalue weighted by molar-refractivity contribution is 5.53. The molecule has 1 aliphatic rings. The number of aromatic nitrogens is 2. The van der Waals surface area contributed by atoms with Crippen molar-refractivity contribution in [2.24, 2.45) is 0 Å². The second-order valence-corrected chi connectivity index (χ2v) is 6.44. The highest BCUT2D eigenvalue weighted by atomic mass is 15.0. The molecule has 1 fully saturated rings. The van der Waals surface area contributed by atoms with Gasteiger partial charge < -0.3 is 5.32 Å². The van der Waals surface area contributed by atoms with Crippen LogP contribution in [0.15, 0.2) is 73.1 Å². The molecule has 0 radical (unpaired) electrons. The van der Waals surface area contributed by atoms with Gasteiger partial charge in [-0.05, 0) is 24.8 Å². The molecule has 0 amide bonds. The zero-order valence-electron chi connectivity index (χ0n) is 13.7. The molecule has 1 aromatic heterocycles. The van der Waals surface area contributed by atoms with Gasteiger partial charge in [0.05, 0.1) is 0 Å². The normalized spacial score (nSPS) is 15.7. The lowest BCUT2D eigenvalue weighted by atomic mass is 9.72. The third-order valence-corrected chi connectivity index (χ3v) is 4.90. The minimum absolute atomic E-state index is 0.124. The summed E-state index contributed by atoms with van der Waals surface area (Å²) in [6.07, 6.45) is 7.53. The summed E-state index contributed by atoms with van der Waals surface area (Å²) in [6.45, 7) is 0.796. The van der Waals surface area contributed by atoms with Crippen LogP contribution in [0.25, 0.3) is 11.4 Å². The maximum Gasteiger partial charge on any atom is 0.159 e. The molecular formula is C21H21N3. The first-order chi connectivity index (χ1) is 11.9. The maximum atomic E-state index is 4.52. The van der Waals surface area contributed by atoms with E-state index in [1.54, 1.807) is 0 Å². The highest BCUT2D eigenvalue weighted by Crippen LogP contribution is 2.41. The fraction of sp³-hybridized carbons (Fsp3) is 0.238. The van der Waals surface area contributed by atoms with E-state index in [4.69, 9.17) is 0 Å². The van der Waals surface area contributed by atoms with Crippen molar-refractivity contribution in [3.05, 3.63) is 84.2 Å². The number of rotatable bonds is 5. The zero-order valence-corrected chi connectivity index (χ0v) is 13.7. The molecule has 0 bridgehead atoms. The zero-order chi connectivity index (χ0) is 16.2. The minimum atomic E-state index is 0.124. The fourth-order valence-electron chi connectivity index (χ4n) is 3.31. The molecule has 3 nitrogen and oxygen atoms in total. The van der Waals surface area contributed by atoms with Gasteiger partial charge in [0.1, 0.15) is 0 Å².